The highest BCUT2D eigenvalue weighted by molar-refractivity contribution is 6.30. The number of anilines is 2. The summed E-state index contributed by atoms with van der Waals surface area (Å²) in [4.78, 5) is 11.9. The summed E-state index contributed by atoms with van der Waals surface area (Å²) in [7, 11) is 0. The van der Waals surface area contributed by atoms with E-state index >= 15 is 0 Å². The number of hydrogen-bond acceptors (Lipinski definition) is 5. The molecule has 3 aromatic rings. The van der Waals surface area contributed by atoms with E-state index in [0.29, 0.717) is 34.6 Å². The van der Waals surface area contributed by atoms with Crippen molar-refractivity contribution < 1.29 is 14.1 Å². The molecule has 0 unspecified atom stereocenters. The predicted molar refractivity (Wildman–Crippen MR) is 101 cm³/mol. The molecule has 0 atom stereocenters. The molecule has 0 bridgehead atoms. The van der Waals surface area contributed by atoms with Crippen molar-refractivity contribution in [2.75, 3.05) is 17.2 Å². The molecule has 7 heteroatoms. The van der Waals surface area contributed by atoms with Gasteiger partial charge < -0.3 is 19.9 Å². The van der Waals surface area contributed by atoms with Crippen LogP contribution in [0.1, 0.15) is 11.3 Å². The topological polar surface area (TPSA) is 76.4 Å². The molecule has 0 aliphatic heterocycles. The van der Waals surface area contributed by atoms with Crippen LogP contribution in [0.25, 0.3) is 0 Å². The van der Waals surface area contributed by atoms with Crippen molar-refractivity contribution in [1.29, 1.82) is 0 Å². The second-order valence-corrected chi connectivity index (χ2v) is 6.10. The Labute approximate surface area is 156 Å². The fraction of sp³-hybridized carbons (Fsp3) is 0.158. The van der Waals surface area contributed by atoms with E-state index in [4.69, 9.17) is 20.9 Å². The number of carbonyl (C=O) groups is 1. The van der Waals surface area contributed by atoms with Crippen molar-refractivity contribution in [3.05, 3.63) is 70.9 Å². The number of amides is 1. The lowest BCUT2D eigenvalue weighted by atomic mass is 10.2. The number of benzene rings is 2. The molecule has 0 saturated heterocycles. The Bertz CT molecular complexity index is 860. The number of rotatable bonds is 7. The SMILES string of the molecule is Cc1cc(NCC(=O)Nc2ccc(OCc3ccc(Cl)cc3)cc2)no1. The monoisotopic (exact) mass is 371 g/mol. The van der Waals surface area contributed by atoms with Crippen LogP contribution in [-0.4, -0.2) is 17.6 Å². The van der Waals surface area contributed by atoms with Gasteiger partial charge in [-0.05, 0) is 48.9 Å². The Morgan fingerprint density at radius 3 is 2.54 bits per heavy atom. The second kappa shape index (κ2) is 8.40. The van der Waals surface area contributed by atoms with Crippen LogP contribution in [-0.2, 0) is 11.4 Å². The lowest BCUT2D eigenvalue weighted by Gasteiger charge is -2.09. The van der Waals surface area contributed by atoms with Crippen molar-refractivity contribution in [3.63, 3.8) is 0 Å². The first-order valence-corrected chi connectivity index (χ1v) is 8.40. The van der Waals surface area contributed by atoms with E-state index < -0.39 is 0 Å². The first-order chi connectivity index (χ1) is 12.6. The summed E-state index contributed by atoms with van der Waals surface area (Å²) in [5, 5.41) is 10.1. The van der Waals surface area contributed by atoms with Crippen LogP contribution in [0.4, 0.5) is 11.5 Å². The third-order valence-corrected chi connectivity index (χ3v) is 3.77. The maximum absolute atomic E-state index is 11.9. The number of nitrogens with one attached hydrogen (secondary N) is 2. The van der Waals surface area contributed by atoms with Crippen molar-refractivity contribution in [2.45, 2.75) is 13.5 Å². The smallest absolute Gasteiger partial charge is 0.243 e. The Kier molecular flexibility index (Phi) is 5.76. The zero-order valence-corrected chi connectivity index (χ0v) is 14.9. The highest BCUT2D eigenvalue weighted by Crippen LogP contribution is 2.18. The van der Waals surface area contributed by atoms with Gasteiger partial charge in [-0.15, -0.1) is 0 Å². The first kappa shape index (κ1) is 17.8. The molecule has 1 aromatic heterocycles. The van der Waals surface area contributed by atoms with Crippen molar-refractivity contribution in [2.24, 2.45) is 0 Å². The largest absolute Gasteiger partial charge is 0.489 e. The van der Waals surface area contributed by atoms with Gasteiger partial charge in [-0.3, -0.25) is 4.79 Å². The van der Waals surface area contributed by atoms with Gasteiger partial charge in [0.1, 0.15) is 18.1 Å². The number of halogens is 1. The fourth-order valence-corrected chi connectivity index (χ4v) is 2.33. The lowest BCUT2D eigenvalue weighted by molar-refractivity contribution is -0.114. The first-order valence-electron chi connectivity index (χ1n) is 8.03. The van der Waals surface area contributed by atoms with Crippen molar-refractivity contribution in [3.8, 4) is 5.75 Å². The average molecular weight is 372 g/mol. The van der Waals surface area contributed by atoms with Gasteiger partial charge in [0.25, 0.3) is 0 Å². The molecule has 0 saturated carbocycles. The zero-order valence-electron chi connectivity index (χ0n) is 14.2. The molecular weight excluding hydrogens is 354 g/mol. The molecule has 2 N–H and O–H groups in total. The molecule has 0 spiro atoms. The fourth-order valence-electron chi connectivity index (χ4n) is 2.21. The Morgan fingerprint density at radius 2 is 1.88 bits per heavy atom. The third-order valence-electron chi connectivity index (χ3n) is 3.51. The van der Waals surface area contributed by atoms with E-state index in [0.717, 1.165) is 5.56 Å². The predicted octanol–water partition coefficient (Wildman–Crippen LogP) is 4.27. The van der Waals surface area contributed by atoms with Crippen LogP contribution in [0.3, 0.4) is 0 Å². The van der Waals surface area contributed by atoms with Crippen LogP contribution in [0, 0.1) is 6.92 Å². The van der Waals surface area contributed by atoms with Gasteiger partial charge in [0.15, 0.2) is 5.82 Å². The molecule has 2 aromatic carbocycles. The van der Waals surface area contributed by atoms with Gasteiger partial charge in [-0.1, -0.05) is 28.9 Å². The minimum Gasteiger partial charge on any atom is -0.489 e. The Balaban J connectivity index is 1.46. The van der Waals surface area contributed by atoms with E-state index in [1.165, 1.54) is 0 Å². The lowest BCUT2D eigenvalue weighted by Crippen LogP contribution is -2.21. The molecule has 26 heavy (non-hydrogen) atoms. The number of aryl methyl sites for hydroxylation is 1. The summed E-state index contributed by atoms with van der Waals surface area (Å²) in [6.45, 7) is 2.33. The number of nitrogens with zero attached hydrogens (tertiary/aromatic N) is 1. The minimum atomic E-state index is -0.180. The minimum absolute atomic E-state index is 0.0980. The van der Waals surface area contributed by atoms with E-state index in [-0.39, 0.29) is 12.5 Å². The maximum atomic E-state index is 11.9. The Morgan fingerprint density at radius 1 is 1.15 bits per heavy atom. The van der Waals surface area contributed by atoms with E-state index in [9.17, 15) is 4.79 Å². The van der Waals surface area contributed by atoms with E-state index in [2.05, 4.69) is 15.8 Å². The summed E-state index contributed by atoms with van der Waals surface area (Å²) in [6.07, 6.45) is 0. The highest BCUT2D eigenvalue weighted by Gasteiger charge is 2.05. The standard InChI is InChI=1S/C19H18ClN3O3/c1-13-10-18(23-26-13)21-11-19(24)22-16-6-8-17(9-7-16)25-12-14-2-4-15(20)5-3-14/h2-10H,11-12H2,1H3,(H,21,23)(H,22,24). The quantitative estimate of drug-likeness (QED) is 0.648. The second-order valence-electron chi connectivity index (χ2n) is 5.66. The van der Waals surface area contributed by atoms with Crippen LogP contribution in [0.2, 0.25) is 5.02 Å². The number of carbonyl (C=O) groups excluding carboxylic acids is 1. The maximum Gasteiger partial charge on any atom is 0.243 e. The highest BCUT2D eigenvalue weighted by atomic mass is 35.5. The van der Waals surface area contributed by atoms with Crippen LogP contribution >= 0.6 is 11.6 Å². The summed E-state index contributed by atoms with van der Waals surface area (Å²) in [5.74, 6) is 1.75. The molecule has 1 heterocycles. The number of aromatic nitrogens is 1. The van der Waals surface area contributed by atoms with Gasteiger partial charge >= 0.3 is 0 Å². The van der Waals surface area contributed by atoms with Crippen molar-refractivity contribution in [1.82, 2.24) is 5.16 Å². The molecule has 1 amide bonds. The normalized spacial score (nSPS) is 10.4. The van der Waals surface area contributed by atoms with Gasteiger partial charge in [-0.25, -0.2) is 0 Å². The third kappa shape index (κ3) is 5.26. The van der Waals surface area contributed by atoms with E-state index in [1.54, 1.807) is 37.3 Å². The molecule has 3 rings (SSSR count). The number of ether oxygens (including phenoxy) is 1. The molecule has 0 aliphatic carbocycles. The summed E-state index contributed by atoms with van der Waals surface area (Å²) >= 11 is 5.86. The molecule has 6 nitrogen and oxygen atoms in total. The number of hydrogen-bond donors (Lipinski definition) is 2. The Hall–Kier alpha value is -2.99. The molecule has 0 aliphatic rings. The van der Waals surface area contributed by atoms with Gasteiger partial charge in [0.2, 0.25) is 5.91 Å². The van der Waals surface area contributed by atoms with Crippen LogP contribution in [0.15, 0.2) is 59.1 Å². The summed E-state index contributed by atoms with van der Waals surface area (Å²) in [6, 6.07) is 16.4. The van der Waals surface area contributed by atoms with Gasteiger partial charge in [-0.2, -0.15) is 0 Å². The summed E-state index contributed by atoms with van der Waals surface area (Å²) in [5.41, 5.74) is 1.72. The molecule has 0 radical (unpaired) electrons. The van der Waals surface area contributed by atoms with Gasteiger partial charge in [0.05, 0.1) is 6.54 Å². The molecule has 134 valence electrons. The van der Waals surface area contributed by atoms with Gasteiger partial charge in [0, 0.05) is 16.8 Å². The van der Waals surface area contributed by atoms with Crippen LogP contribution in [0.5, 0.6) is 5.75 Å². The van der Waals surface area contributed by atoms with Crippen LogP contribution < -0.4 is 15.4 Å². The molecule has 0 fully saturated rings. The van der Waals surface area contributed by atoms with E-state index in [1.807, 2.05) is 24.3 Å². The summed E-state index contributed by atoms with van der Waals surface area (Å²) < 4.78 is 10.6. The molecular formula is C19H18ClN3O3. The zero-order chi connectivity index (χ0) is 18.4. The average Bonchev–Trinajstić information content (AvgIpc) is 3.06. The van der Waals surface area contributed by atoms with Crippen molar-refractivity contribution >= 4 is 29.0 Å².